The molecule has 2 atom stereocenters. The van der Waals surface area contributed by atoms with Gasteiger partial charge in [0.1, 0.15) is 0 Å². The van der Waals surface area contributed by atoms with Crippen molar-refractivity contribution < 1.29 is 4.79 Å². The number of rotatable bonds is 3. The van der Waals surface area contributed by atoms with Crippen LogP contribution in [0, 0.1) is 17.8 Å². The van der Waals surface area contributed by atoms with E-state index in [0.29, 0.717) is 11.7 Å². The van der Waals surface area contributed by atoms with Crippen LogP contribution >= 0.6 is 0 Å². The van der Waals surface area contributed by atoms with E-state index in [4.69, 9.17) is 0 Å². The Balaban J connectivity index is 1.72. The molecular weight excluding hydrogens is 172 g/mol. The van der Waals surface area contributed by atoms with Gasteiger partial charge in [-0.2, -0.15) is 0 Å². The summed E-state index contributed by atoms with van der Waals surface area (Å²) in [7, 11) is 0. The van der Waals surface area contributed by atoms with Crippen molar-refractivity contribution in [2.75, 3.05) is 0 Å². The molecule has 0 amide bonds. The number of carbonyl (C=O) groups is 1. The van der Waals surface area contributed by atoms with Crippen LogP contribution in [0.1, 0.15) is 29.6 Å². The van der Waals surface area contributed by atoms with Gasteiger partial charge in [0.05, 0.1) is 0 Å². The van der Waals surface area contributed by atoms with E-state index in [1.807, 2.05) is 30.3 Å². The standard InChI is InChI=1S/C13H14O/c14-13(10-4-2-1-3-5-10)12-8-11(12)9-6-7-9/h1-5,9,11-12H,6-8H2. The van der Waals surface area contributed by atoms with Crippen LogP contribution < -0.4 is 0 Å². The maximum absolute atomic E-state index is 11.9. The van der Waals surface area contributed by atoms with Gasteiger partial charge in [-0.25, -0.2) is 0 Å². The highest BCUT2D eigenvalue weighted by molar-refractivity contribution is 5.99. The fraction of sp³-hybridized carbons (Fsp3) is 0.462. The zero-order chi connectivity index (χ0) is 9.54. The van der Waals surface area contributed by atoms with Crippen LogP contribution in [0.4, 0.5) is 0 Å². The molecule has 14 heavy (non-hydrogen) atoms. The van der Waals surface area contributed by atoms with Crippen LogP contribution in [0.25, 0.3) is 0 Å². The summed E-state index contributed by atoms with van der Waals surface area (Å²) in [5.74, 6) is 2.38. The van der Waals surface area contributed by atoms with Gasteiger partial charge in [-0.15, -0.1) is 0 Å². The van der Waals surface area contributed by atoms with Gasteiger partial charge < -0.3 is 0 Å². The molecule has 0 spiro atoms. The lowest BCUT2D eigenvalue weighted by molar-refractivity contribution is 0.0959. The Morgan fingerprint density at radius 1 is 1.14 bits per heavy atom. The van der Waals surface area contributed by atoms with Crippen LogP contribution in [-0.2, 0) is 0 Å². The topological polar surface area (TPSA) is 17.1 Å². The number of carbonyl (C=O) groups excluding carboxylic acids is 1. The molecular formula is C13H14O. The first kappa shape index (κ1) is 8.22. The Kier molecular flexibility index (Phi) is 1.73. The zero-order valence-corrected chi connectivity index (χ0v) is 8.15. The van der Waals surface area contributed by atoms with Crippen LogP contribution in [-0.4, -0.2) is 5.78 Å². The molecule has 1 aromatic rings. The summed E-state index contributed by atoms with van der Waals surface area (Å²) in [5, 5.41) is 0. The fourth-order valence-electron chi connectivity index (χ4n) is 2.38. The van der Waals surface area contributed by atoms with Gasteiger partial charge in [0.25, 0.3) is 0 Å². The molecule has 0 aliphatic heterocycles. The highest BCUT2D eigenvalue weighted by Crippen LogP contribution is 2.55. The van der Waals surface area contributed by atoms with Crippen LogP contribution in [0.2, 0.25) is 0 Å². The molecule has 3 rings (SSSR count). The van der Waals surface area contributed by atoms with E-state index in [0.717, 1.165) is 23.8 Å². The Morgan fingerprint density at radius 2 is 1.86 bits per heavy atom. The second-order valence-corrected chi connectivity index (χ2v) is 4.57. The number of hydrogen-bond donors (Lipinski definition) is 0. The first-order valence-electron chi connectivity index (χ1n) is 5.45. The molecule has 2 saturated carbocycles. The van der Waals surface area contributed by atoms with E-state index >= 15 is 0 Å². The first-order chi connectivity index (χ1) is 6.86. The van der Waals surface area contributed by atoms with Crippen LogP contribution in [0.15, 0.2) is 30.3 Å². The largest absolute Gasteiger partial charge is 0.294 e. The van der Waals surface area contributed by atoms with Gasteiger partial charge in [-0.05, 0) is 31.1 Å². The summed E-state index contributed by atoms with van der Waals surface area (Å²) in [5.41, 5.74) is 0.903. The Labute approximate surface area is 84.1 Å². The third-order valence-corrected chi connectivity index (χ3v) is 3.46. The SMILES string of the molecule is O=C(c1ccccc1)C1CC1C1CC1. The molecule has 0 saturated heterocycles. The molecule has 0 heterocycles. The van der Waals surface area contributed by atoms with E-state index < -0.39 is 0 Å². The Bertz CT molecular complexity index is 351. The molecule has 1 aromatic carbocycles. The predicted octanol–water partition coefficient (Wildman–Crippen LogP) is 2.92. The van der Waals surface area contributed by atoms with E-state index in [1.54, 1.807) is 0 Å². The van der Waals surface area contributed by atoms with Gasteiger partial charge >= 0.3 is 0 Å². The summed E-state index contributed by atoms with van der Waals surface area (Å²) < 4.78 is 0. The van der Waals surface area contributed by atoms with Gasteiger partial charge in [0.15, 0.2) is 5.78 Å². The molecule has 2 aliphatic rings. The minimum Gasteiger partial charge on any atom is -0.294 e. The molecule has 0 N–H and O–H groups in total. The smallest absolute Gasteiger partial charge is 0.166 e. The first-order valence-corrected chi connectivity index (χ1v) is 5.45. The van der Waals surface area contributed by atoms with Crippen molar-refractivity contribution in [3.8, 4) is 0 Å². The Morgan fingerprint density at radius 3 is 2.50 bits per heavy atom. The van der Waals surface area contributed by atoms with Gasteiger partial charge in [-0.1, -0.05) is 30.3 Å². The average molecular weight is 186 g/mol. The lowest BCUT2D eigenvalue weighted by Crippen LogP contribution is -2.03. The summed E-state index contributed by atoms with van der Waals surface area (Å²) >= 11 is 0. The molecule has 2 fully saturated rings. The summed E-state index contributed by atoms with van der Waals surface area (Å²) in [6.45, 7) is 0. The van der Waals surface area contributed by atoms with Gasteiger partial charge in [0, 0.05) is 11.5 Å². The maximum atomic E-state index is 11.9. The van der Waals surface area contributed by atoms with Crippen molar-refractivity contribution in [3.05, 3.63) is 35.9 Å². The van der Waals surface area contributed by atoms with Crippen molar-refractivity contribution in [2.24, 2.45) is 17.8 Å². The summed E-state index contributed by atoms with van der Waals surface area (Å²) in [4.78, 5) is 11.9. The van der Waals surface area contributed by atoms with Crippen molar-refractivity contribution in [1.29, 1.82) is 0 Å². The normalized spacial score (nSPS) is 30.0. The number of benzene rings is 1. The molecule has 1 heteroatoms. The Hall–Kier alpha value is -1.11. The molecule has 72 valence electrons. The minimum atomic E-state index is 0.366. The maximum Gasteiger partial charge on any atom is 0.166 e. The van der Waals surface area contributed by atoms with E-state index in [-0.39, 0.29) is 0 Å². The third kappa shape index (κ3) is 1.37. The second kappa shape index (κ2) is 2.94. The number of ketones is 1. The average Bonchev–Trinajstić information content (AvgIpc) is 3.07. The summed E-state index contributed by atoms with van der Waals surface area (Å²) in [6, 6.07) is 9.72. The van der Waals surface area contributed by atoms with Crippen molar-refractivity contribution in [2.45, 2.75) is 19.3 Å². The lowest BCUT2D eigenvalue weighted by atomic mass is 10.1. The van der Waals surface area contributed by atoms with Crippen molar-refractivity contribution >= 4 is 5.78 Å². The van der Waals surface area contributed by atoms with Crippen molar-refractivity contribution in [3.63, 3.8) is 0 Å². The lowest BCUT2D eigenvalue weighted by Gasteiger charge is -1.98. The van der Waals surface area contributed by atoms with E-state index in [9.17, 15) is 4.79 Å². The zero-order valence-electron chi connectivity index (χ0n) is 8.15. The second-order valence-electron chi connectivity index (χ2n) is 4.57. The monoisotopic (exact) mass is 186 g/mol. The summed E-state index contributed by atoms with van der Waals surface area (Å²) in [6.07, 6.45) is 3.88. The van der Waals surface area contributed by atoms with Crippen LogP contribution in [0.3, 0.4) is 0 Å². The molecule has 2 aliphatic carbocycles. The van der Waals surface area contributed by atoms with Gasteiger partial charge in [0.2, 0.25) is 0 Å². The molecule has 1 nitrogen and oxygen atoms in total. The van der Waals surface area contributed by atoms with Crippen LogP contribution in [0.5, 0.6) is 0 Å². The van der Waals surface area contributed by atoms with E-state index in [2.05, 4.69) is 0 Å². The number of hydrogen-bond acceptors (Lipinski definition) is 1. The molecule has 2 unspecified atom stereocenters. The predicted molar refractivity (Wildman–Crippen MR) is 55.1 cm³/mol. The van der Waals surface area contributed by atoms with E-state index in [1.165, 1.54) is 12.8 Å². The molecule has 0 radical (unpaired) electrons. The number of Topliss-reactive ketones (excluding diaryl/α,β-unsaturated/α-hetero) is 1. The minimum absolute atomic E-state index is 0.366. The highest BCUT2D eigenvalue weighted by Gasteiger charge is 2.50. The molecule has 0 aromatic heterocycles. The third-order valence-electron chi connectivity index (χ3n) is 3.46. The van der Waals surface area contributed by atoms with Crippen molar-refractivity contribution in [1.82, 2.24) is 0 Å². The quantitative estimate of drug-likeness (QED) is 0.663. The molecule has 0 bridgehead atoms. The highest BCUT2D eigenvalue weighted by atomic mass is 16.1. The van der Waals surface area contributed by atoms with Gasteiger partial charge in [-0.3, -0.25) is 4.79 Å². The fourth-order valence-corrected chi connectivity index (χ4v) is 2.38.